The van der Waals surface area contributed by atoms with Gasteiger partial charge in [-0.25, -0.2) is 4.68 Å². The summed E-state index contributed by atoms with van der Waals surface area (Å²) >= 11 is 0. The number of hydrogen-bond donors (Lipinski definition) is 1. The molecule has 6 heteroatoms. The molecule has 0 spiro atoms. The van der Waals surface area contributed by atoms with Crippen LogP contribution in [0.2, 0.25) is 0 Å². The van der Waals surface area contributed by atoms with Crippen molar-refractivity contribution in [1.82, 2.24) is 20.0 Å². The summed E-state index contributed by atoms with van der Waals surface area (Å²) in [6, 6.07) is 24.9. The molecule has 0 atom stereocenters. The lowest BCUT2D eigenvalue weighted by Crippen LogP contribution is -2.23. The molecular formula is C27H26N4O2. The number of hydrogen-bond acceptors (Lipinski definition) is 3. The van der Waals surface area contributed by atoms with E-state index in [-0.39, 0.29) is 11.8 Å². The Morgan fingerprint density at radius 2 is 1.67 bits per heavy atom. The second kappa shape index (κ2) is 9.53. The highest BCUT2D eigenvalue weighted by molar-refractivity contribution is 6.00. The molecule has 0 bridgehead atoms. The molecule has 1 heterocycles. The first-order valence-electron chi connectivity index (χ1n) is 10.7. The molecule has 0 fully saturated rings. The molecular weight excluding hydrogens is 412 g/mol. The number of amides is 2. The Labute approximate surface area is 193 Å². The summed E-state index contributed by atoms with van der Waals surface area (Å²) in [5.41, 5.74) is 5.52. The summed E-state index contributed by atoms with van der Waals surface area (Å²) in [6.45, 7) is 2.36. The molecule has 1 N–H and O–H groups in total. The summed E-state index contributed by atoms with van der Waals surface area (Å²) in [5, 5.41) is 7.72. The lowest BCUT2D eigenvalue weighted by molar-refractivity contribution is 0.0827. The smallest absolute Gasteiger partial charge is 0.255 e. The average molecular weight is 439 g/mol. The van der Waals surface area contributed by atoms with Crippen LogP contribution in [0.15, 0.2) is 85.1 Å². The number of carbonyl (C=O) groups excluding carboxylic acids is 2. The SMILES string of the molecule is Cc1cccc(-c2nn(-c3ccccc3)cc2C(=O)NCc2ccc(C(=O)N(C)C)cc2)c1. The van der Waals surface area contributed by atoms with Gasteiger partial charge in [0.1, 0.15) is 5.69 Å². The molecule has 0 aliphatic carbocycles. The maximum atomic E-state index is 13.2. The Bertz CT molecular complexity index is 1280. The number of benzene rings is 3. The monoisotopic (exact) mass is 438 g/mol. The average Bonchev–Trinajstić information content (AvgIpc) is 3.29. The van der Waals surface area contributed by atoms with Gasteiger partial charge in [-0.05, 0) is 42.8 Å². The van der Waals surface area contributed by atoms with Crippen LogP contribution in [0.4, 0.5) is 0 Å². The fourth-order valence-electron chi connectivity index (χ4n) is 3.56. The van der Waals surface area contributed by atoms with E-state index >= 15 is 0 Å². The van der Waals surface area contributed by atoms with E-state index in [0.29, 0.717) is 23.4 Å². The lowest BCUT2D eigenvalue weighted by Gasteiger charge is -2.11. The summed E-state index contributed by atoms with van der Waals surface area (Å²) in [6.07, 6.45) is 1.77. The maximum absolute atomic E-state index is 13.2. The van der Waals surface area contributed by atoms with E-state index in [0.717, 1.165) is 22.4 Å². The van der Waals surface area contributed by atoms with Crippen molar-refractivity contribution < 1.29 is 9.59 Å². The molecule has 0 saturated carbocycles. The van der Waals surface area contributed by atoms with Crippen LogP contribution in [0.5, 0.6) is 0 Å². The first-order chi connectivity index (χ1) is 15.9. The van der Waals surface area contributed by atoms with Crippen LogP contribution in [0.3, 0.4) is 0 Å². The van der Waals surface area contributed by atoms with Gasteiger partial charge in [0.15, 0.2) is 0 Å². The Balaban J connectivity index is 1.58. The van der Waals surface area contributed by atoms with Crippen LogP contribution in [0.25, 0.3) is 16.9 Å². The standard InChI is InChI=1S/C27H26N4O2/c1-19-8-7-9-22(16-19)25-24(18-31(29-25)23-10-5-4-6-11-23)26(32)28-17-20-12-14-21(15-13-20)27(33)30(2)3/h4-16,18H,17H2,1-3H3,(H,28,32). The number of aryl methyl sites for hydroxylation is 1. The molecule has 2 amide bonds. The van der Waals surface area contributed by atoms with Crippen LogP contribution >= 0.6 is 0 Å². The molecule has 4 aromatic rings. The van der Waals surface area contributed by atoms with Crippen molar-refractivity contribution in [2.45, 2.75) is 13.5 Å². The van der Waals surface area contributed by atoms with Gasteiger partial charge < -0.3 is 10.2 Å². The lowest BCUT2D eigenvalue weighted by atomic mass is 10.1. The molecule has 0 unspecified atom stereocenters. The van der Waals surface area contributed by atoms with Gasteiger partial charge in [-0.15, -0.1) is 0 Å². The van der Waals surface area contributed by atoms with Gasteiger partial charge in [0, 0.05) is 38.0 Å². The van der Waals surface area contributed by atoms with E-state index in [1.54, 1.807) is 37.1 Å². The molecule has 4 rings (SSSR count). The minimum Gasteiger partial charge on any atom is -0.348 e. The Morgan fingerprint density at radius 1 is 0.939 bits per heavy atom. The molecule has 166 valence electrons. The highest BCUT2D eigenvalue weighted by Crippen LogP contribution is 2.25. The Morgan fingerprint density at radius 3 is 2.33 bits per heavy atom. The summed E-state index contributed by atoms with van der Waals surface area (Å²) < 4.78 is 1.73. The maximum Gasteiger partial charge on any atom is 0.255 e. The third-order valence-electron chi connectivity index (χ3n) is 5.33. The van der Waals surface area contributed by atoms with Crippen molar-refractivity contribution in [3.63, 3.8) is 0 Å². The summed E-state index contributed by atoms with van der Waals surface area (Å²) in [5.74, 6) is -0.260. The summed E-state index contributed by atoms with van der Waals surface area (Å²) in [7, 11) is 3.44. The highest BCUT2D eigenvalue weighted by atomic mass is 16.2. The normalized spacial score (nSPS) is 10.6. The van der Waals surface area contributed by atoms with Crippen LogP contribution in [-0.4, -0.2) is 40.6 Å². The number of nitrogens with one attached hydrogen (secondary N) is 1. The van der Waals surface area contributed by atoms with Gasteiger partial charge in [0.25, 0.3) is 11.8 Å². The van der Waals surface area contributed by atoms with Crippen molar-refractivity contribution in [2.75, 3.05) is 14.1 Å². The minimum absolute atomic E-state index is 0.0540. The zero-order valence-electron chi connectivity index (χ0n) is 18.9. The molecule has 0 saturated heterocycles. The highest BCUT2D eigenvalue weighted by Gasteiger charge is 2.19. The van der Waals surface area contributed by atoms with Gasteiger partial charge in [-0.2, -0.15) is 5.10 Å². The van der Waals surface area contributed by atoms with Gasteiger partial charge in [0.05, 0.1) is 11.3 Å². The predicted molar refractivity (Wildman–Crippen MR) is 129 cm³/mol. The van der Waals surface area contributed by atoms with Crippen molar-refractivity contribution >= 4 is 11.8 Å². The fraction of sp³-hybridized carbons (Fsp3) is 0.148. The van der Waals surface area contributed by atoms with Crippen molar-refractivity contribution in [2.24, 2.45) is 0 Å². The second-order valence-electron chi connectivity index (χ2n) is 8.12. The van der Waals surface area contributed by atoms with Crippen molar-refractivity contribution in [1.29, 1.82) is 0 Å². The molecule has 33 heavy (non-hydrogen) atoms. The zero-order valence-corrected chi connectivity index (χ0v) is 18.9. The molecule has 0 aliphatic heterocycles. The van der Waals surface area contributed by atoms with Crippen LogP contribution < -0.4 is 5.32 Å². The van der Waals surface area contributed by atoms with Gasteiger partial charge in [-0.3, -0.25) is 9.59 Å². The van der Waals surface area contributed by atoms with E-state index in [4.69, 9.17) is 5.10 Å². The predicted octanol–water partition coefficient (Wildman–Crippen LogP) is 4.48. The van der Waals surface area contributed by atoms with Crippen molar-refractivity contribution in [3.8, 4) is 16.9 Å². The van der Waals surface area contributed by atoms with Crippen LogP contribution in [0.1, 0.15) is 31.8 Å². The number of nitrogens with zero attached hydrogens (tertiary/aromatic N) is 3. The molecule has 3 aromatic carbocycles. The molecule has 0 aliphatic rings. The molecule has 1 aromatic heterocycles. The van der Waals surface area contributed by atoms with Crippen LogP contribution in [0, 0.1) is 6.92 Å². The van der Waals surface area contributed by atoms with Crippen LogP contribution in [-0.2, 0) is 6.54 Å². The number of para-hydroxylation sites is 1. The minimum atomic E-state index is -0.206. The quantitative estimate of drug-likeness (QED) is 0.483. The first kappa shape index (κ1) is 22.0. The zero-order chi connectivity index (χ0) is 23.4. The molecule has 6 nitrogen and oxygen atoms in total. The first-order valence-corrected chi connectivity index (χ1v) is 10.7. The van der Waals surface area contributed by atoms with Gasteiger partial charge in [0.2, 0.25) is 0 Å². The van der Waals surface area contributed by atoms with E-state index in [1.165, 1.54) is 4.90 Å². The Kier molecular flexibility index (Phi) is 6.36. The van der Waals surface area contributed by atoms with Gasteiger partial charge in [-0.1, -0.05) is 54.1 Å². The van der Waals surface area contributed by atoms with E-state index < -0.39 is 0 Å². The Hall–Kier alpha value is -4.19. The largest absolute Gasteiger partial charge is 0.348 e. The fourth-order valence-corrected chi connectivity index (χ4v) is 3.56. The molecule has 0 radical (unpaired) electrons. The summed E-state index contributed by atoms with van der Waals surface area (Å²) in [4.78, 5) is 26.8. The topological polar surface area (TPSA) is 67.2 Å². The third-order valence-corrected chi connectivity index (χ3v) is 5.33. The van der Waals surface area contributed by atoms with E-state index in [1.807, 2.05) is 73.7 Å². The van der Waals surface area contributed by atoms with E-state index in [9.17, 15) is 9.59 Å². The number of aromatic nitrogens is 2. The second-order valence-corrected chi connectivity index (χ2v) is 8.12. The van der Waals surface area contributed by atoms with Crippen molar-refractivity contribution in [3.05, 3.63) is 107 Å². The number of rotatable bonds is 6. The van der Waals surface area contributed by atoms with E-state index in [2.05, 4.69) is 5.32 Å². The third kappa shape index (κ3) is 5.01. The van der Waals surface area contributed by atoms with Gasteiger partial charge >= 0.3 is 0 Å². The number of carbonyl (C=O) groups is 2.